The lowest BCUT2D eigenvalue weighted by Gasteiger charge is -2.20. The molecule has 7 heteroatoms. The minimum atomic E-state index is -0.892. The number of nitrogens with zero attached hydrogens (tertiary/aromatic N) is 2. The molecule has 1 heterocycles. The Morgan fingerprint density at radius 3 is 2.72 bits per heavy atom. The van der Waals surface area contributed by atoms with Gasteiger partial charge < -0.3 is 10.4 Å². The summed E-state index contributed by atoms with van der Waals surface area (Å²) in [5.74, 6) is -1.04. The van der Waals surface area contributed by atoms with Crippen molar-refractivity contribution in [2.24, 2.45) is 0 Å². The van der Waals surface area contributed by atoms with Gasteiger partial charge in [0.2, 0.25) is 5.91 Å². The van der Waals surface area contributed by atoms with Crippen LogP contribution >= 0.6 is 0 Å². The van der Waals surface area contributed by atoms with Crippen LogP contribution in [0.3, 0.4) is 0 Å². The number of benzene rings is 1. The average molecular weight is 341 g/mol. The summed E-state index contributed by atoms with van der Waals surface area (Å²) in [5.41, 5.74) is 4.09. The van der Waals surface area contributed by atoms with E-state index in [4.69, 9.17) is 5.11 Å². The van der Waals surface area contributed by atoms with E-state index in [1.807, 2.05) is 18.2 Å². The van der Waals surface area contributed by atoms with Crippen LogP contribution in [0.25, 0.3) is 11.3 Å². The average Bonchev–Trinajstić information content (AvgIpc) is 2.54. The molecule has 0 aliphatic heterocycles. The molecule has 2 N–H and O–H groups in total. The summed E-state index contributed by atoms with van der Waals surface area (Å²) in [6.07, 6.45) is 1.89. The highest BCUT2D eigenvalue weighted by Crippen LogP contribution is 2.33. The highest BCUT2D eigenvalue weighted by molar-refractivity contribution is 5.90. The second kappa shape index (κ2) is 6.88. The number of anilines is 1. The molecule has 130 valence electrons. The van der Waals surface area contributed by atoms with Crippen LogP contribution in [0.5, 0.6) is 0 Å². The van der Waals surface area contributed by atoms with E-state index in [-0.39, 0.29) is 24.4 Å². The molecule has 25 heavy (non-hydrogen) atoms. The fraction of sp³-hybridized carbons (Fsp3) is 0.333. The summed E-state index contributed by atoms with van der Waals surface area (Å²) in [7, 11) is 0. The fourth-order valence-electron chi connectivity index (χ4n) is 3.05. The molecule has 2 aromatic rings. The minimum Gasteiger partial charge on any atom is -0.481 e. The molecule has 1 aliphatic rings. The van der Waals surface area contributed by atoms with Gasteiger partial charge in [0.05, 0.1) is 5.69 Å². The van der Waals surface area contributed by atoms with E-state index < -0.39 is 5.97 Å². The molecule has 0 saturated carbocycles. The van der Waals surface area contributed by atoms with E-state index in [0.29, 0.717) is 12.1 Å². The quantitative estimate of drug-likeness (QED) is 0.864. The predicted molar refractivity (Wildman–Crippen MR) is 92.5 cm³/mol. The van der Waals surface area contributed by atoms with Gasteiger partial charge in [-0.3, -0.25) is 14.4 Å². The molecule has 0 fully saturated rings. The fourth-order valence-corrected chi connectivity index (χ4v) is 3.05. The number of carboxylic acids is 1. The van der Waals surface area contributed by atoms with E-state index in [1.165, 1.54) is 11.6 Å². The summed E-state index contributed by atoms with van der Waals surface area (Å²) in [6, 6.07) is 7.27. The third kappa shape index (κ3) is 3.76. The van der Waals surface area contributed by atoms with Gasteiger partial charge in [0.1, 0.15) is 0 Å². The van der Waals surface area contributed by atoms with Crippen LogP contribution in [0.4, 0.5) is 5.69 Å². The summed E-state index contributed by atoms with van der Waals surface area (Å²) in [6.45, 7) is 1.71. The Hall–Kier alpha value is -2.96. The number of carbonyl (C=O) groups excluding carboxylic acids is 1. The molecule has 0 atom stereocenters. The molecule has 1 amide bonds. The Morgan fingerprint density at radius 2 is 2.00 bits per heavy atom. The van der Waals surface area contributed by atoms with Gasteiger partial charge >= 0.3 is 5.97 Å². The lowest BCUT2D eigenvalue weighted by atomic mass is 9.89. The lowest BCUT2D eigenvalue weighted by Crippen LogP contribution is -2.25. The molecular weight excluding hydrogens is 322 g/mol. The second-order valence-corrected chi connectivity index (χ2v) is 6.13. The van der Waals surface area contributed by atoms with Crippen molar-refractivity contribution in [3.05, 3.63) is 45.7 Å². The first kappa shape index (κ1) is 16.9. The number of amides is 1. The monoisotopic (exact) mass is 341 g/mol. The molecule has 0 radical (unpaired) electrons. The summed E-state index contributed by atoms with van der Waals surface area (Å²) < 4.78 is 1.32. The van der Waals surface area contributed by atoms with Crippen LogP contribution in [0, 0.1) is 0 Å². The van der Waals surface area contributed by atoms with Crippen molar-refractivity contribution in [1.82, 2.24) is 9.78 Å². The lowest BCUT2D eigenvalue weighted by molar-refractivity contribution is -0.137. The largest absolute Gasteiger partial charge is 0.481 e. The highest BCUT2D eigenvalue weighted by atomic mass is 16.4. The van der Waals surface area contributed by atoms with Crippen LogP contribution in [0.15, 0.2) is 29.1 Å². The number of nitrogens with one attached hydrogen (secondary N) is 1. The van der Waals surface area contributed by atoms with Crippen LogP contribution < -0.4 is 10.9 Å². The molecule has 1 aliphatic carbocycles. The molecule has 1 aromatic carbocycles. The first-order valence-corrected chi connectivity index (χ1v) is 8.18. The maximum atomic E-state index is 12.2. The normalized spacial score (nSPS) is 12.2. The van der Waals surface area contributed by atoms with Crippen molar-refractivity contribution in [3.8, 4) is 11.3 Å². The van der Waals surface area contributed by atoms with Gasteiger partial charge in [-0.2, -0.15) is 5.10 Å². The van der Waals surface area contributed by atoms with Gasteiger partial charge in [0.15, 0.2) is 0 Å². The van der Waals surface area contributed by atoms with Gasteiger partial charge in [0, 0.05) is 37.2 Å². The Balaban J connectivity index is 1.97. The number of fused-ring (bicyclic) bond motifs is 3. The number of hydrogen-bond acceptors (Lipinski definition) is 4. The third-order valence-electron chi connectivity index (χ3n) is 4.19. The summed E-state index contributed by atoms with van der Waals surface area (Å²) in [5, 5.41) is 16.0. The molecular formula is C18H19N3O4. The Morgan fingerprint density at radius 1 is 1.24 bits per heavy atom. The number of aryl methyl sites for hydroxylation is 3. The first-order chi connectivity index (χ1) is 11.9. The summed E-state index contributed by atoms with van der Waals surface area (Å²) >= 11 is 0. The predicted octanol–water partition coefficient (Wildman–Crippen LogP) is 1.83. The zero-order chi connectivity index (χ0) is 18.0. The van der Waals surface area contributed by atoms with Crippen LogP contribution in [-0.2, 0) is 29.0 Å². The van der Waals surface area contributed by atoms with Gasteiger partial charge in [-0.15, -0.1) is 0 Å². The maximum absolute atomic E-state index is 12.2. The molecule has 0 bridgehead atoms. The molecule has 7 nitrogen and oxygen atoms in total. The number of carbonyl (C=O) groups is 2. The van der Waals surface area contributed by atoms with E-state index in [9.17, 15) is 14.4 Å². The Labute approximate surface area is 144 Å². The van der Waals surface area contributed by atoms with Gasteiger partial charge in [0.25, 0.3) is 5.56 Å². The molecule has 3 rings (SSSR count). The van der Waals surface area contributed by atoms with Crippen LogP contribution in [0.1, 0.15) is 30.9 Å². The Bertz CT molecular complexity index is 902. The third-order valence-corrected chi connectivity index (χ3v) is 4.19. The maximum Gasteiger partial charge on any atom is 0.303 e. The minimum absolute atomic E-state index is 0.00548. The van der Waals surface area contributed by atoms with Crippen molar-refractivity contribution < 1.29 is 14.7 Å². The highest BCUT2D eigenvalue weighted by Gasteiger charge is 2.20. The standard InChI is InChI=1S/C18H19N3O4/c1-11(22)19-14-7-6-12-4-5-13-9-16(23)21(8-2-3-17(24)25)20-18(13)15(12)10-14/h6-7,9-10H,2-5,8H2,1H3,(H,19,22)(H,24,25). The van der Waals surface area contributed by atoms with Crippen molar-refractivity contribution in [2.75, 3.05) is 5.32 Å². The van der Waals surface area contributed by atoms with Crippen molar-refractivity contribution in [3.63, 3.8) is 0 Å². The van der Waals surface area contributed by atoms with E-state index in [2.05, 4.69) is 10.4 Å². The number of carboxylic acid groups (broad SMARTS) is 1. The number of hydrogen-bond donors (Lipinski definition) is 2. The zero-order valence-corrected chi connectivity index (χ0v) is 13.9. The van der Waals surface area contributed by atoms with Crippen molar-refractivity contribution in [2.45, 2.75) is 39.2 Å². The van der Waals surface area contributed by atoms with Crippen molar-refractivity contribution >= 4 is 17.6 Å². The van der Waals surface area contributed by atoms with E-state index >= 15 is 0 Å². The second-order valence-electron chi connectivity index (χ2n) is 6.13. The number of aliphatic carboxylic acids is 1. The number of rotatable bonds is 5. The van der Waals surface area contributed by atoms with Crippen molar-refractivity contribution in [1.29, 1.82) is 0 Å². The van der Waals surface area contributed by atoms with Gasteiger partial charge in [-0.05, 0) is 42.5 Å². The van der Waals surface area contributed by atoms with E-state index in [1.54, 1.807) is 6.07 Å². The number of aromatic nitrogens is 2. The molecule has 0 unspecified atom stereocenters. The summed E-state index contributed by atoms with van der Waals surface area (Å²) in [4.78, 5) is 34.1. The van der Waals surface area contributed by atoms with E-state index in [0.717, 1.165) is 35.2 Å². The van der Waals surface area contributed by atoms with Crippen LogP contribution in [0.2, 0.25) is 0 Å². The topological polar surface area (TPSA) is 101 Å². The SMILES string of the molecule is CC(=O)Nc1ccc2c(c1)-c1nn(CCCC(=O)O)c(=O)cc1CC2. The molecule has 0 spiro atoms. The molecule has 0 saturated heterocycles. The zero-order valence-electron chi connectivity index (χ0n) is 13.9. The smallest absolute Gasteiger partial charge is 0.303 e. The van der Waals surface area contributed by atoms with Gasteiger partial charge in [-0.25, -0.2) is 4.68 Å². The van der Waals surface area contributed by atoms with Gasteiger partial charge in [-0.1, -0.05) is 6.07 Å². The molecule has 1 aromatic heterocycles. The Kier molecular flexibility index (Phi) is 4.65. The first-order valence-electron chi connectivity index (χ1n) is 8.18. The van der Waals surface area contributed by atoms with Crippen LogP contribution in [-0.4, -0.2) is 26.8 Å².